The molecule has 18 heavy (non-hydrogen) atoms. The molecule has 1 rings (SSSR count). The number of aldehydes is 1. The largest absolute Gasteiger partial charge is 0.463 e. The maximum atomic E-state index is 11.1. The smallest absolute Gasteiger partial charge is 0.330 e. The van der Waals surface area contributed by atoms with Crippen molar-refractivity contribution in [3.8, 4) is 0 Å². The molecule has 1 aromatic carbocycles. The lowest BCUT2D eigenvalue weighted by atomic mass is 10.1. The maximum Gasteiger partial charge on any atom is 0.330 e. The number of carbonyl (C=O) groups is 2. The van der Waals surface area contributed by atoms with Crippen LogP contribution in [0.4, 0.5) is 5.69 Å². The molecule has 94 valence electrons. The normalized spacial score (nSPS) is 10.3. The summed E-state index contributed by atoms with van der Waals surface area (Å²) in [5.41, 5.74) is 0.208. The number of nitro benzene ring substituents is 1. The van der Waals surface area contributed by atoms with Gasteiger partial charge >= 0.3 is 5.97 Å². The fourth-order valence-electron chi connectivity index (χ4n) is 1.29. The highest BCUT2D eigenvalue weighted by atomic mass is 16.6. The molecular weight excluding hydrogens is 238 g/mol. The standard InChI is InChI=1S/C12H11NO5/c1-2-18-12(15)6-4-9-3-5-11(13(16)17)10(7-9)8-14/h3-8H,2H2,1H3. The Morgan fingerprint density at radius 2 is 2.22 bits per heavy atom. The Morgan fingerprint density at radius 1 is 1.50 bits per heavy atom. The maximum absolute atomic E-state index is 11.1. The molecule has 0 aromatic heterocycles. The Balaban J connectivity index is 2.96. The van der Waals surface area contributed by atoms with Gasteiger partial charge in [-0.2, -0.15) is 0 Å². The molecule has 0 N–H and O–H groups in total. The molecule has 0 spiro atoms. The molecule has 0 aliphatic rings. The minimum absolute atomic E-state index is 0.0361. The van der Waals surface area contributed by atoms with E-state index in [1.807, 2.05) is 0 Å². The predicted molar refractivity (Wildman–Crippen MR) is 64.2 cm³/mol. The third-order valence-corrected chi connectivity index (χ3v) is 2.07. The average Bonchev–Trinajstić information content (AvgIpc) is 2.36. The molecule has 0 amide bonds. The number of carbonyl (C=O) groups excluding carboxylic acids is 2. The van der Waals surface area contributed by atoms with Crippen LogP contribution in [0, 0.1) is 10.1 Å². The van der Waals surface area contributed by atoms with E-state index in [1.54, 1.807) is 6.92 Å². The highest BCUT2D eigenvalue weighted by Gasteiger charge is 2.12. The lowest BCUT2D eigenvalue weighted by Gasteiger charge is -1.98. The summed E-state index contributed by atoms with van der Waals surface area (Å²) in [5, 5.41) is 10.6. The van der Waals surface area contributed by atoms with E-state index in [0.717, 1.165) is 0 Å². The molecule has 0 aliphatic heterocycles. The second kappa shape index (κ2) is 6.29. The van der Waals surface area contributed by atoms with Gasteiger partial charge in [0, 0.05) is 12.1 Å². The summed E-state index contributed by atoms with van der Waals surface area (Å²) in [7, 11) is 0. The quantitative estimate of drug-likeness (QED) is 0.262. The third kappa shape index (κ3) is 3.51. The molecule has 6 nitrogen and oxygen atoms in total. The Morgan fingerprint density at radius 3 is 2.78 bits per heavy atom. The minimum atomic E-state index is -0.636. The zero-order chi connectivity index (χ0) is 13.5. The summed E-state index contributed by atoms with van der Waals surface area (Å²) in [4.78, 5) is 31.7. The average molecular weight is 249 g/mol. The van der Waals surface area contributed by atoms with Crippen molar-refractivity contribution in [3.63, 3.8) is 0 Å². The summed E-state index contributed by atoms with van der Waals surface area (Å²) in [6.45, 7) is 1.95. The Labute approximate surface area is 103 Å². The summed E-state index contributed by atoms with van der Waals surface area (Å²) >= 11 is 0. The first-order valence-electron chi connectivity index (χ1n) is 5.17. The fraction of sp³-hybridized carbons (Fsp3) is 0.167. The highest BCUT2D eigenvalue weighted by Crippen LogP contribution is 2.18. The first kappa shape index (κ1) is 13.6. The van der Waals surface area contributed by atoms with Crippen LogP contribution in [-0.2, 0) is 9.53 Å². The molecule has 0 atom stereocenters. The Kier molecular flexibility index (Phi) is 4.74. The highest BCUT2D eigenvalue weighted by molar-refractivity contribution is 5.88. The Bertz CT molecular complexity index is 507. The zero-order valence-electron chi connectivity index (χ0n) is 9.66. The van der Waals surface area contributed by atoms with Crippen LogP contribution in [0.1, 0.15) is 22.8 Å². The first-order valence-corrected chi connectivity index (χ1v) is 5.17. The number of benzene rings is 1. The van der Waals surface area contributed by atoms with Crippen LogP contribution in [0.3, 0.4) is 0 Å². The van der Waals surface area contributed by atoms with Crippen LogP contribution >= 0.6 is 0 Å². The Hall–Kier alpha value is -2.50. The van der Waals surface area contributed by atoms with Crippen molar-refractivity contribution < 1.29 is 19.2 Å². The lowest BCUT2D eigenvalue weighted by molar-refractivity contribution is -0.385. The van der Waals surface area contributed by atoms with Gasteiger partial charge < -0.3 is 4.74 Å². The molecule has 0 bridgehead atoms. The number of nitro groups is 1. The summed E-state index contributed by atoms with van der Waals surface area (Å²) in [6, 6.07) is 4.00. The third-order valence-electron chi connectivity index (χ3n) is 2.07. The SMILES string of the molecule is CCOC(=O)C=Cc1ccc([N+](=O)[O-])c(C=O)c1. The monoisotopic (exact) mass is 249 g/mol. The topological polar surface area (TPSA) is 86.5 Å². The van der Waals surface area contributed by atoms with Crippen molar-refractivity contribution in [2.75, 3.05) is 6.61 Å². The van der Waals surface area contributed by atoms with Gasteiger partial charge in [0.15, 0.2) is 6.29 Å². The van der Waals surface area contributed by atoms with Gasteiger partial charge in [-0.05, 0) is 30.7 Å². The number of hydrogen-bond acceptors (Lipinski definition) is 5. The molecule has 0 saturated heterocycles. The van der Waals surface area contributed by atoms with E-state index in [4.69, 9.17) is 0 Å². The first-order chi connectivity index (χ1) is 8.58. The van der Waals surface area contributed by atoms with Crippen LogP contribution in [0.15, 0.2) is 24.3 Å². The number of ether oxygens (including phenoxy) is 1. The predicted octanol–water partition coefficient (Wildman–Crippen LogP) is 1.98. The fourth-order valence-corrected chi connectivity index (χ4v) is 1.29. The molecule has 1 aromatic rings. The van der Waals surface area contributed by atoms with Gasteiger partial charge in [-0.1, -0.05) is 0 Å². The van der Waals surface area contributed by atoms with E-state index in [2.05, 4.69) is 4.74 Å². The van der Waals surface area contributed by atoms with Crippen LogP contribution in [0.25, 0.3) is 6.08 Å². The molecule has 0 heterocycles. The van der Waals surface area contributed by atoms with Crippen LogP contribution in [0.5, 0.6) is 0 Å². The number of rotatable bonds is 5. The van der Waals surface area contributed by atoms with E-state index in [1.165, 1.54) is 30.4 Å². The molecule has 0 unspecified atom stereocenters. The van der Waals surface area contributed by atoms with E-state index in [0.29, 0.717) is 11.8 Å². The van der Waals surface area contributed by atoms with Crippen LogP contribution in [0.2, 0.25) is 0 Å². The van der Waals surface area contributed by atoms with Gasteiger partial charge in [-0.15, -0.1) is 0 Å². The summed E-state index contributed by atoms with van der Waals surface area (Å²) in [5.74, 6) is -0.511. The van der Waals surface area contributed by atoms with E-state index < -0.39 is 10.9 Å². The molecule has 0 fully saturated rings. The number of nitrogens with zero attached hydrogens (tertiary/aromatic N) is 1. The molecule has 6 heteroatoms. The summed E-state index contributed by atoms with van der Waals surface area (Å²) < 4.78 is 4.68. The minimum Gasteiger partial charge on any atom is -0.463 e. The molecule has 0 saturated carbocycles. The van der Waals surface area contributed by atoms with Gasteiger partial charge in [0.2, 0.25) is 0 Å². The second-order valence-corrected chi connectivity index (χ2v) is 3.28. The van der Waals surface area contributed by atoms with Crippen LogP contribution in [-0.4, -0.2) is 23.8 Å². The molecule has 0 aliphatic carbocycles. The van der Waals surface area contributed by atoms with Crippen molar-refractivity contribution in [1.29, 1.82) is 0 Å². The van der Waals surface area contributed by atoms with Gasteiger partial charge in [-0.25, -0.2) is 4.79 Å². The van der Waals surface area contributed by atoms with Crippen molar-refractivity contribution in [2.45, 2.75) is 6.92 Å². The van der Waals surface area contributed by atoms with Crippen molar-refractivity contribution in [3.05, 3.63) is 45.5 Å². The summed E-state index contributed by atoms with van der Waals surface area (Å²) in [6.07, 6.45) is 3.02. The molecule has 0 radical (unpaired) electrons. The van der Waals surface area contributed by atoms with Crippen molar-refractivity contribution >= 4 is 24.0 Å². The van der Waals surface area contributed by atoms with Gasteiger partial charge in [0.05, 0.1) is 17.1 Å². The van der Waals surface area contributed by atoms with Gasteiger partial charge in [0.25, 0.3) is 5.69 Å². The molecular formula is C12H11NO5. The second-order valence-electron chi connectivity index (χ2n) is 3.28. The number of esters is 1. The van der Waals surface area contributed by atoms with Crippen molar-refractivity contribution in [1.82, 2.24) is 0 Å². The van der Waals surface area contributed by atoms with Gasteiger partial charge in [-0.3, -0.25) is 14.9 Å². The van der Waals surface area contributed by atoms with E-state index >= 15 is 0 Å². The zero-order valence-corrected chi connectivity index (χ0v) is 9.66. The van der Waals surface area contributed by atoms with Crippen molar-refractivity contribution in [2.24, 2.45) is 0 Å². The number of hydrogen-bond donors (Lipinski definition) is 0. The lowest BCUT2D eigenvalue weighted by Crippen LogP contribution is -1.99. The van der Waals surface area contributed by atoms with Crippen LogP contribution < -0.4 is 0 Å². The van der Waals surface area contributed by atoms with E-state index in [-0.39, 0.29) is 17.9 Å². The van der Waals surface area contributed by atoms with Gasteiger partial charge in [0.1, 0.15) is 0 Å². The van der Waals surface area contributed by atoms with E-state index in [9.17, 15) is 19.7 Å².